The molecule has 1 aliphatic rings. The number of imidazole rings is 1. The summed E-state index contributed by atoms with van der Waals surface area (Å²) in [5.41, 5.74) is 0.149. The van der Waals surface area contributed by atoms with E-state index in [-0.39, 0.29) is 30.7 Å². The number of carbonyl (C=O) groups is 2. The second-order valence-corrected chi connectivity index (χ2v) is 11.5. The van der Waals surface area contributed by atoms with Crippen LogP contribution < -0.4 is 20.5 Å². The van der Waals surface area contributed by atoms with E-state index in [4.69, 9.17) is 14.2 Å². The van der Waals surface area contributed by atoms with Gasteiger partial charge in [0.05, 0.1) is 38.5 Å². The van der Waals surface area contributed by atoms with Crippen LogP contribution in [0.25, 0.3) is 27.7 Å². The third kappa shape index (κ3) is 6.10. The summed E-state index contributed by atoms with van der Waals surface area (Å²) in [6.07, 6.45) is -1.95. The first kappa shape index (κ1) is 34.4. The third-order valence-electron chi connectivity index (χ3n) is 8.66. The number of aromatic nitrogens is 3. The topological polar surface area (TPSA) is 116 Å². The van der Waals surface area contributed by atoms with E-state index in [2.05, 4.69) is 10.3 Å². The molecule has 2 aromatic carbocycles. The third-order valence-corrected chi connectivity index (χ3v) is 8.66. The number of hydrogen-bond donors (Lipinski definition) is 1. The van der Waals surface area contributed by atoms with E-state index in [0.29, 0.717) is 45.7 Å². The number of pyridine rings is 2. The van der Waals surface area contributed by atoms with E-state index in [1.165, 1.54) is 17.9 Å². The lowest BCUT2D eigenvalue weighted by molar-refractivity contribution is -0.167. The molecule has 262 valence electrons. The minimum Gasteiger partial charge on any atom is -0.495 e. The van der Waals surface area contributed by atoms with Crippen LogP contribution in [0.1, 0.15) is 16.1 Å². The first-order chi connectivity index (χ1) is 23.8. The Kier molecular flexibility index (Phi) is 9.22. The minimum absolute atomic E-state index is 0.101. The number of methoxy groups -OCH3 is 2. The molecule has 0 spiro atoms. The Hall–Kier alpha value is -5.51. The molecule has 1 saturated heterocycles. The molecule has 1 fully saturated rings. The number of fused-ring (bicyclic) bond motifs is 2. The van der Waals surface area contributed by atoms with E-state index >= 15 is 8.78 Å². The van der Waals surface area contributed by atoms with Crippen LogP contribution >= 0.6 is 0 Å². The van der Waals surface area contributed by atoms with Gasteiger partial charge < -0.3 is 33.4 Å². The first-order valence-corrected chi connectivity index (χ1v) is 15.3. The molecular weight excluding hydrogens is 669 g/mol. The van der Waals surface area contributed by atoms with Crippen LogP contribution in [-0.4, -0.2) is 78.1 Å². The van der Waals surface area contributed by atoms with Crippen LogP contribution in [0.2, 0.25) is 0 Å². The summed E-state index contributed by atoms with van der Waals surface area (Å²) in [4.78, 5) is 44.9. The van der Waals surface area contributed by atoms with Crippen LogP contribution in [0.3, 0.4) is 0 Å². The maximum absolute atomic E-state index is 15.3. The molecule has 0 bridgehead atoms. The molecule has 1 amide bonds. The Morgan fingerprint density at radius 3 is 2.50 bits per heavy atom. The highest BCUT2D eigenvalue weighted by Gasteiger charge is 2.46. The van der Waals surface area contributed by atoms with Crippen molar-refractivity contribution in [3.63, 3.8) is 0 Å². The van der Waals surface area contributed by atoms with Gasteiger partial charge in [-0.15, -0.1) is 0 Å². The van der Waals surface area contributed by atoms with E-state index in [1.54, 1.807) is 41.9 Å². The molecule has 1 N–H and O–H groups in total. The van der Waals surface area contributed by atoms with E-state index in [9.17, 15) is 27.6 Å². The molecule has 16 heteroatoms. The smallest absolute Gasteiger partial charge is 0.411 e. The fourth-order valence-electron chi connectivity index (χ4n) is 6.25. The number of carbonyl (C=O) groups excluding carboxylic acids is 2. The second kappa shape index (κ2) is 13.4. The van der Waals surface area contributed by atoms with E-state index < -0.39 is 59.6 Å². The Labute approximate surface area is 280 Å². The highest BCUT2D eigenvalue weighted by molar-refractivity contribution is 5.98. The van der Waals surface area contributed by atoms with Crippen LogP contribution in [0.5, 0.6) is 5.75 Å². The van der Waals surface area contributed by atoms with Gasteiger partial charge in [0, 0.05) is 54.7 Å². The monoisotopic (exact) mass is 699 g/mol. The van der Waals surface area contributed by atoms with Crippen molar-refractivity contribution in [3.05, 3.63) is 94.2 Å². The van der Waals surface area contributed by atoms with Crippen molar-refractivity contribution in [2.24, 2.45) is 7.05 Å². The van der Waals surface area contributed by atoms with E-state index in [1.807, 2.05) is 12.1 Å². The molecule has 5 aromatic rings. The van der Waals surface area contributed by atoms with Crippen molar-refractivity contribution in [2.75, 3.05) is 38.9 Å². The average Bonchev–Trinajstić information content (AvgIpc) is 3.59. The van der Waals surface area contributed by atoms with Crippen molar-refractivity contribution in [1.29, 1.82) is 0 Å². The summed E-state index contributed by atoms with van der Waals surface area (Å²) in [7, 11) is 4.15. The molecule has 50 heavy (non-hydrogen) atoms. The Bertz CT molecular complexity index is 2160. The number of para-hydroxylation sites is 1. The summed E-state index contributed by atoms with van der Waals surface area (Å²) in [6.45, 7) is -1.12. The van der Waals surface area contributed by atoms with Crippen molar-refractivity contribution in [2.45, 2.75) is 24.7 Å². The Balaban J connectivity index is 1.32. The van der Waals surface area contributed by atoms with Crippen LogP contribution in [0.4, 0.5) is 27.6 Å². The van der Waals surface area contributed by atoms with Gasteiger partial charge in [-0.25, -0.2) is 18.6 Å². The SMILES string of the molecule is COC(=O)[C@H](Cc1ccc(-c2c(OC)c3ccccc3n(C)c2=O)c2nccn12)NC(=O)c1c(F)cc(N2CCOC[C@H]2C(F)(F)F)cc1F. The first-order valence-electron chi connectivity index (χ1n) is 15.3. The summed E-state index contributed by atoms with van der Waals surface area (Å²) in [6, 6.07) is 8.08. The van der Waals surface area contributed by atoms with Gasteiger partial charge in [0.1, 0.15) is 40.7 Å². The predicted octanol–water partition coefficient (Wildman–Crippen LogP) is 4.42. The highest BCUT2D eigenvalue weighted by Crippen LogP contribution is 2.36. The number of rotatable bonds is 8. The quantitative estimate of drug-likeness (QED) is 0.187. The van der Waals surface area contributed by atoms with Gasteiger partial charge in [-0.05, 0) is 36.4 Å². The number of esters is 1. The van der Waals surface area contributed by atoms with Gasteiger partial charge >= 0.3 is 12.1 Å². The highest BCUT2D eigenvalue weighted by atomic mass is 19.4. The molecule has 2 atom stereocenters. The number of nitrogens with one attached hydrogen (secondary N) is 1. The lowest BCUT2D eigenvalue weighted by Crippen LogP contribution is -2.53. The fourth-order valence-corrected chi connectivity index (χ4v) is 6.25. The Morgan fingerprint density at radius 1 is 1.10 bits per heavy atom. The van der Waals surface area contributed by atoms with Crippen LogP contribution in [-0.2, 0) is 27.7 Å². The number of morpholine rings is 1. The summed E-state index contributed by atoms with van der Waals surface area (Å²) in [5.74, 6) is -4.81. The van der Waals surface area contributed by atoms with Gasteiger partial charge in [-0.1, -0.05) is 12.1 Å². The maximum atomic E-state index is 15.3. The number of hydrogen-bond acceptors (Lipinski definition) is 8. The minimum atomic E-state index is -4.74. The number of nitrogens with zero attached hydrogens (tertiary/aromatic N) is 4. The predicted molar refractivity (Wildman–Crippen MR) is 171 cm³/mol. The number of halogens is 5. The zero-order valence-corrected chi connectivity index (χ0v) is 26.9. The van der Waals surface area contributed by atoms with Crippen LogP contribution in [0.15, 0.2) is 65.7 Å². The average molecular weight is 700 g/mol. The number of benzene rings is 2. The Morgan fingerprint density at radius 2 is 1.82 bits per heavy atom. The molecular formula is C34H30F5N5O6. The molecule has 4 heterocycles. The molecule has 0 aliphatic carbocycles. The molecule has 0 saturated carbocycles. The molecule has 3 aromatic heterocycles. The number of anilines is 1. The summed E-state index contributed by atoms with van der Waals surface area (Å²) in [5, 5.41) is 2.98. The maximum Gasteiger partial charge on any atom is 0.411 e. The molecule has 1 aliphatic heterocycles. The van der Waals surface area contributed by atoms with Gasteiger partial charge in [0.15, 0.2) is 0 Å². The largest absolute Gasteiger partial charge is 0.495 e. The molecule has 0 radical (unpaired) electrons. The molecule has 6 rings (SSSR count). The zero-order valence-electron chi connectivity index (χ0n) is 26.9. The lowest BCUT2D eigenvalue weighted by atomic mass is 10.0. The van der Waals surface area contributed by atoms with E-state index in [0.717, 1.165) is 12.0 Å². The number of alkyl halides is 3. The van der Waals surface area contributed by atoms with Crippen molar-refractivity contribution in [3.8, 4) is 16.9 Å². The van der Waals surface area contributed by atoms with Crippen molar-refractivity contribution >= 4 is 34.1 Å². The zero-order chi connectivity index (χ0) is 35.9. The summed E-state index contributed by atoms with van der Waals surface area (Å²) >= 11 is 0. The van der Waals surface area contributed by atoms with Gasteiger partial charge in [-0.2, -0.15) is 13.2 Å². The lowest BCUT2D eigenvalue weighted by Gasteiger charge is -2.38. The number of amides is 1. The van der Waals surface area contributed by atoms with Crippen molar-refractivity contribution in [1.82, 2.24) is 19.3 Å². The van der Waals surface area contributed by atoms with Gasteiger partial charge in [-0.3, -0.25) is 9.59 Å². The number of aryl methyl sites for hydroxylation is 1. The molecule has 11 nitrogen and oxygen atoms in total. The fraction of sp³-hybridized carbons (Fsp3) is 0.294. The normalized spacial score (nSPS) is 15.7. The van der Waals surface area contributed by atoms with Crippen LogP contribution in [0, 0.1) is 11.6 Å². The van der Waals surface area contributed by atoms with Gasteiger partial charge in [0.25, 0.3) is 11.5 Å². The van der Waals surface area contributed by atoms with Gasteiger partial charge in [0.2, 0.25) is 0 Å². The standard InChI is InChI=1S/C34H30F5N5O6/c1-42-25-7-5-4-6-20(25)29(48-2)27(32(42)46)21-9-8-18(44-11-10-40-30(21)44)16-24(33(47)49-3)41-31(45)28-22(35)14-19(15-23(28)36)43-12-13-50-17-26(43)34(37,38)39/h4-11,14-15,24,26H,12-13,16-17H2,1-3H3,(H,41,45)/t24-,26-/m0/s1. The van der Waals surface area contributed by atoms with Crippen molar-refractivity contribution < 1.29 is 45.8 Å². The summed E-state index contributed by atoms with van der Waals surface area (Å²) < 4.78 is 89.9. The second-order valence-electron chi connectivity index (χ2n) is 11.5. The molecule has 0 unspecified atom stereocenters. The number of ether oxygens (including phenoxy) is 3.